The number of ether oxygens (including phenoxy) is 1. The van der Waals surface area contributed by atoms with E-state index in [2.05, 4.69) is 11.9 Å². The number of carbonyl (C=O) groups excluding carboxylic acids is 1. The number of nitrogen functional groups attached to an aromatic ring is 1. The van der Waals surface area contributed by atoms with E-state index < -0.39 is 6.09 Å². The van der Waals surface area contributed by atoms with E-state index in [1.807, 2.05) is 0 Å². The second-order valence-corrected chi connectivity index (χ2v) is 4.93. The zero-order valence-electron chi connectivity index (χ0n) is 13.5. The Kier molecular flexibility index (Phi) is 6.25. The number of likely N-dealkylation sites (N-methyl/N-ethyl adjacent to an activating group) is 2. The van der Waals surface area contributed by atoms with Gasteiger partial charge in [-0.2, -0.15) is 0 Å². The van der Waals surface area contributed by atoms with Crippen LogP contribution in [-0.2, 0) is 4.79 Å². The molecule has 0 aliphatic carbocycles. The SMILES string of the molecule is C=CC(=O)Nc1cc(N)c(OC)cc1N(C)CCN(C)C(=O)O. The van der Waals surface area contributed by atoms with Crippen LogP contribution in [-0.4, -0.2) is 56.3 Å². The zero-order valence-corrected chi connectivity index (χ0v) is 13.5. The highest BCUT2D eigenvalue weighted by atomic mass is 16.5. The van der Waals surface area contributed by atoms with E-state index in [1.165, 1.54) is 19.1 Å². The van der Waals surface area contributed by atoms with E-state index in [0.29, 0.717) is 35.9 Å². The molecule has 0 aromatic heterocycles. The number of hydrogen-bond donors (Lipinski definition) is 3. The third-order valence-corrected chi connectivity index (χ3v) is 3.30. The van der Waals surface area contributed by atoms with Crippen molar-refractivity contribution in [2.45, 2.75) is 0 Å². The summed E-state index contributed by atoms with van der Waals surface area (Å²) >= 11 is 0. The summed E-state index contributed by atoms with van der Waals surface area (Å²) in [6.07, 6.45) is 0.149. The lowest BCUT2D eigenvalue weighted by atomic mass is 10.2. The Bertz CT molecular complexity index is 603. The minimum absolute atomic E-state index is 0.299. The first-order valence-electron chi connectivity index (χ1n) is 6.86. The summed E-state index contributed by atoms with van der Waals surface area (Å²) in [5.74, 6) is 0.0990. The van der Waals surface area contributed by atoms with Crippen LogP contribution < -0.4 is 20.7 Å². The molecular formula is C15H22N4O4. The molecule has 1 aromatic carbocycles. The first-order valence-corrected chi connectivity index (χ1v) is 6.86. The van der Waals surface area contributed by atoms with Gasteiger partial charge in [0.15, 0.2) is 0 Å². The van der Waals surface area contributed by atoms with Crippen molar-refractivity contribution >= 4 is 29.1 Å². The van der Waals surface area contributed by atoms with E-state index in [-0.39, 0.29) is 5.91 Å². The van der Waals surface area contributed by atoms with Gasteiger partial charge in [-0.1, -0.05) is 6.58 Å². The Morgan fingerprint density at radius 3 is 2.57 bits per heavy atom. The molecule has 8 heteroatoms. The highest BCUT2D eigenvalue weighted by Crippen LogP contribution is 2.35. The van der Waals surface area contributed by atoms with E-state index in [0.717, 1.165) is 6.08 Å². The number of carboxylic acid groups (broad SMARTS) is 1. The van der Waals surface area contributed by atoms with E-state index >= 15 is 0 Å². The fraction of sp³-hybridized carbons (Fsp3) is 0.333. The van der Waals surface area contributed by atoms with Crippen molar-refractivity contribution in [2.75, 3.05) is 50.2 Å². The van der Waals surface area contributed by atoms with Crippen LogP contribution in [0.25, 0.3) is 0 Å². The van der Waals surface area contributed by atoms with E-state index in [4.69, 9.17) is 15.6 Å². The Labute approximate surface area is 135 Å². The van der Waals surface area contributed by atoms with Crippen molar-refractivity contribution in [2.24, 2.45) is 0 Å². The summed E-state index contributed by atoms with van der Waals surface area (Å²) in [4.78, 5) is 25.4. The Morgan fingerprint density at radius 1 is 1.39 bits per heavy atom. The molecule has 0 aliphatic rings. The molecule has 4 N–H and O–H groups in total. The number of amides is 2. The summed E-state index contributed by atoms with van der Waals surface area (Å²) in [5.41, 5.74) is 7.41. The Hall–Kier alpha value is -2.90. The summed E-state index contributed by atoms with van der Waals surface area (Å²) < 4.78 is 5.20. The maximum absolute atomic E-state index is 11.6. The number of rotatable bonds is 7. The molecule has 0 radical (unpaired) electrons. The minimum Gasteiger partial charge on any atom is -0.495 e. The molecule has 1 rings (SSSR count). The number of benzene rings is 1. The molecule has 0 unspecified atom stereocenters. The predicted octanol–water partition coefficient (Wildman–Crippen LogP) is 1.45. The Balaban J connectivity index is 3.06. The van der Waals surface area contributed by atoms with Crippen molar-refractivity contribution < 1.29 is 19.4 Å². The number of hydrogen-bond acceptors (Lipinski definition) is 5. The van der Waals surface area contributed by atoms with Gasteiger partial charge in [-0.3, -0.25) is 4.79 Å². The smallest absolute Gasteiger partial charge is 0.407 e. The van der Waals surface area contributed by atoms with Gasteiger partial charge in [-0.25, -0.2) is 4.79 Å². The lowest BCUT2D eigenvalue weighted by Gasteiger charge is -2.25. The fourth-order valence-electron chi connectivity index (χ4n) is 1.88. The van der Waals surface area contributed by atoms with Crippen LogP contribution in [0.2, 0.25) is 0 Å². The van der Waals surface area contributed by atoms with Gasteiger partial charge in [0.1, 0.15) is 5.75 Å². The monoisotopic (exact) mass is 322 g/mol. The van der Waals surface area contributed by atoms with Gasteiger partial charge >= 0.3 is 6.09 Å². The summed E-state index contributed by atoms with van der Waals surface area (Å²) in [6, 6.07) is 3.28. The quantitative estimate of drug-likeness (QED) is 0.518. The highest BCUT2D eigenvalue weighted by molar-refractivity contribution is 6.02. The Morgan fingerprint density at radius 2 is 2.04 bits per heavy atom. The van der Waals surface area contributed by atoms with Gasteiger partial charge in [-0.05, 0) is 12.1 Å². The van der Waals surface area contributed by atoms with Gasteiger partial charge in [0.05, 0.1) is 24.2 Å². The molecule has 0 heterocycles. The first-order chi connectivity index (χ1) is 10.8. The second kappa shape index (κ2) is 7.92. The summed E-state index contributed by atoms with van der Waals surface area (Å²) in [6.45, 7) is 4.14. The second-order valence-electron chi connectivity index (χ2n) is 4.93. The molecule has 0 saturated heterocycles. The molecular weight excluding hydrogens is 300 g/mol. The van der Waals surface area contributed by atoms with Crippen molar-refractivity contribution in [3.8, 4) is 5.75 Å². The van der Waals surface area contributed by atoms with Crippen LogP contribution in [0.15, 0.2) is 24.8 Å². The molecule has 126 valence electrons. The maximum Gasteiger partial charge on any atom is 0.407 e. The highest BCUT2D eigenvalue weighted by Gasteiger charge is 2.15. The van der Waals surface area contributed by atoms with Gasteiger partial charge in [-0.15, -0.1) is 0 Å². The average molecular weight is 322 g/mol. The van der Waals surface area contributed by atoms with Crippen LogP contribution in [0.5, 0.6) is 5.75 Å². The normalized spacial score (nSPS) is 9.87. The van der Waals surface area contributed by atoms with Gasteiger partial charge < -0.3 is 30.7 Å². The fourth-order valence-corrected chi connectivity index (χ4v) is 1.88. The van der Waals surface area contributed by atoms with Gasteiger partial charge in [0, 0.05) is 33.3 Å². The molecule has 0 saturated carbocycles. The van der Waals surface area contributed by atoms with Crippen LogP contribution in [0, 0.1) is 0 Å². The van der Waals surface area contributed by atoms with Crippen molar-refractivity contribution in [1.82, 2.24) is 4.90 Å². The van der Waals surface area contributed by atoms with Gasteiger partial charge in [0.2, 0.25) is 5.91 Å². The molecule has 23 heavy (non-hydrogen) atoms. The average Bonchev–Trinajstić information content (AvgIpc) is 2.52. The number of nitrogens with one attached hydrogen (secondary N) is 1. The molecule has 0 atom stereocenters. The zero-order chi connectivity index (χ0) is 17.6. The van der Waals surface area contributed by atoms with Gasteiger partial charge in [0.25, 0.3) is 0 Å². The minimum atomic E-state index is -1.01. The standard InChI is InChI=1S/C15H22N4O4/c1-5-14(20)17-11-8-10(16)13(23-4)9-12(11)18(2)6-7-19(3)15(21)22/h5,8-9H,1,6-7,16H2,2-4H3,(H,17,20)(H,21,22). The molecule has 0 aliphatic heterocycles. The van der Waals surface area contributed by atoms with Crippen LogP contribution >= 0.6 is 0 Å². The molecule has 1 aromatic rings. The van der Waals surface area contributed by atoms with E-state index in [9.17, 15) is 9.59 Å². The summed E-state index contributed by atoms with van der Waals surface area (Å²) in [5, 5.41) is 11.6. The predicted molar refractivity (Wildman–Crippen MR) is 90.2 cm³/mol. The number of anilines is 3. The van der Waals surface area contributed by atoms with Crippen molar-refractivity contribution in [1.29, 1.82) is 0 Å². The topological polar surface area (TPSA) is 108 Å². The van der Waals surface area contributed by atoms with Crippen molar-refractivity contribution in [3.63, 3.8) is 0 Å². The third-order valence-electron chi connectivity index (χ3n) is 3.30. The molecule has 0 fully saturated rings. The van der Waals surface area contributed by atoms with E-state index in [1.54, 1.807) is 24.1 Å². The van der Waals surface area contributed by atoms with Crippen LogP contribution in [0.4, 0.5) is 21.9 Å². The number of carbonyl (C=O) groups is 2. The van der Waals surface area contributed by atoms with Crippen molar-refractivity contribution in [3.05, 3.63) is 24.8 Å². The van der Waals surface area contributed by atoms with Crippen LogP contribution in [0.1, 0.15) is 0 Å². The lowest BCUT2D eigenvalue weighted by molar-refractivity contribution is -0.111. The molecule has 0 bridgehead atoms. The molecule has 8 nitrogen and oxygen atoms in total. The maximum atomic E-state index is 11.6. The molecule has 0 spiro atoms. The van der Waals surface area contributed by atoms with Crippen LogP contribution in [0.3, 0.4) is 0 Å². The third kappa shape index (κ3) is 4.80. The number of nitrogens with two attached hydrogens (primary N) is 1. The molecule has 2 amide bonds. The first kappa shape index (κ1) is 18.1. The lowest BCUT2D eigenvalue weighted by Crippen LogP contribution is -2.34. The summed E-state index contributed by atoms with van der Waals surface area (Å²) in [7, 11) is 4.76. The number of nitrogens with zero attached hydrogens (tertiary/aromatic N) is 2. The largest absolute Gasteiger partial charge is 0.495 e. The number of methoxy groups -OCH3 is 1.